The maximum absolute atomic E-state index is 12.4. The van der Waals surface area contributed by atoms with Gasteiger partial charge >= 0.3 is 5.97 Å². The molecule has 0 saturated heterocycles. The Bertz CT molecular complexity index is 585. The van der Waals surface area contributed by atoms with Crippen molar-refractivity contribution < 1.29 is 24.2 Å². The molecule has 0 bridgehead atoms. The maximum atomic E-state index is 12.4. The van der Waals surface area contributed by atoms with Crippen molar-refractivity contribution in [3.05, 3.63) is 24.3 Å². The van der Waals surface area contributed by atoms with Crippen molar-refractivity contribution in [1.82, 2.24) is 0 Å². The number of hydrogen-bond donors (Lipinski definition) is 1. The summed E-state index contributed by atoms with van der Waals surface area (Å²) in [4.78, 5) is 24.4. The molecule has 2 atom stereocenters. The molecule has 0 aromatic heterocycles. The van der Waals surface area contributed by atoms with E-state index < -0.39 is 11.8 Å². The molecule has 0 spiro atoms. The average Bonchev–Trinajstić information content (AvgIpc) is 3.15. The van der Waals surface area contributed by atoms with Crippen molar-refractivity contribution in [3.8, 4) is 0 Å². The van der Waals surface area contributed by atoms with Gasteiger partial charge in [0.15, 0.2) is 0 Å². The predicted molar refractivity (Wildman–Crippen MR) is 134 cm³/mol. The molecule has 1 rings (SSSR count). The van der Waals surface area contributed by atoms with E-state index in [0.29, 0.717) is 37.8 Å². The third-order valence-electron chi connectivity index (χ3n) is 6.45. The molecule has 5 nitrogen and oxygen atoms in total. The number of aliphatic carboxylic acids is 1. The molecule has 190 valence electrons. The van der Waals surface area contributed by atoms with Crippen molar-refractivity contribution in [1.29, 1.82) is 0 Å². The number of rotatable bonds is 20. The summed E-state index contributed by atoms with van der Waals surface area (Å²) in [6.07, 6.45) is 21.3. The highest BCUT2D eigenvalue weighted by atomic mass is 16.7. The minimum absolute atomic E-state index is 0.0546. The third-order valence-corrected chi connectivity index (χ3v) is 6.45. The molecular weight excluding hydrogens is 416 g/mol. The van der Waals surface area contributed by atoms with Crippen LogP contribution >= 0.6 is 0 Å². The molecule has 1 saturated carbocycles. The molecule has 1 aliphatic carbocycles. The van der Waals surface area contributed by atoms with Crippen LogP contribution in [0.5, 0.6) is 0 Å². The number of carbonyl (C=O) groups excluding carboxylic acids is 1. The smallest absolute Gasteiger partial charge is 0.364 e. The lowest BCUT2D eigenvalue weighted by Crippen LogP contribution is -2.45. The molecule has 0 heterocycles. The number of hydrogen-bond acceptors (Lipinski definition) is 4. The molecule has 0 radical (unpaired) electrons. The van der Waals surface area contributed by atoms with E-state index >= 15 is 0 Å². The third kappa shape index (κ3) is 11.5. The summed E-state index contributed by atoms with van der Waals surface area (Å²) in [5, 5.41) is 9.85. The van der Waals surface area contributed by atoms with Crippen LogP contribution < -0.4 is 0 Å². The Morgan fingerprint density at radius 2 is 1.61 bits per heavy atom. The first-order chi connectivity index (χ1) is 16.0. The molecule has 1 N–H and O–H groups in total. The van der Waals surface area contributed by atoms with Gasteiger partial charge in [-0.2, -0.15) is 0 Å². The zero-order valence-corrected chi connectivity index (χ0v) is 21.4. The number of carboxylic acid groups (broad SMARTS) is 1. The summed E-state index contributed by atoms with van der Waals surface area (Å²) < 4.78 is 11.5. The van der Waals surface area contributed by atoms with Gasteiger partial charge in [0.1, 0.15) is 5.78 Å². The highest BCUT2D eigenvalue weighted by Gasteiger charge is 2.40. The average molecular weight is 465 g/mol. The van der Waals surface area contributed by atoms with Gasteiger partial charge in [0, 0.05) is 18.8 Å². The van der Waals surface area contributed by atoms with Crippen LogP contribution in [0.15, 0.2) is 24.3 Å². The zero-order valence-electron chi connectivity index (χ0n) is 21.4. The number of carbonyl (C=O) groups is 2. The number of allylic oxidation sites excluding steroid dienone is 4. The second-order valence-corrected chi connectivity index (χ2v) is 9.26. The number of carboxylic acids is 1. The highest BCUT2D eigenvalue weighted by molar-refractivity contribution is 5.83. The standard InChI is InChI=1S/C28H48O5/c1-4-7-10-11-12-14-17-24-19-20-26(29)25(24)18-15-13-16-21-28(27(30)31,32-22-8-5-2)33-23-9-6-3/h13-15,17,24-25H,4-12,16,18-23H2,1-3H3,(H,30,31)/b15-13-,17-14+/t24-,25+/m0/s1. The SMILES string of the molecule is CCCCCC/C=C/[C@H]1CCC(=O)[C@@H]1C/C=C\CCC(OCCCC)(OCCCC)C(=O)O. The van der Waals surface area contributed by atoms with E-state index in [1.165, 1.54) is 25.7 Å². The normalized spacial score (nSPS) is 19.3. The molecule has 1 fully saturated rings. The van der Waals surface area contributed by atoms with Gasteiger partial charge in [0.2, 0.25) is 0 Å². The monoisotopic (exact) mass is 464 g/mol. The molecule has 5 heteroatoms. The molecule has 0 aromatic carbocycles. The fourth-order valence-electron chi connectivity index (χ4n) is 4.24. The van der Waals surface area contributed by atoms with Gasteiger partial charge in [-0.05, 0) is 50.9 Å². The van der Waals surface area contributed by atoms with Gasteiger partial charge in [-0.25, -0.2) is 4.79 Å². The van der Waals surface area contributed by atoms with E-state index in [1.54, 1.807) is 0 Å². The predicted octanol–water partition coefficient (Wildman–Crippen LogP) is 7.25. The van der Waals surface area contributed by atoms with Crippen LogP contribution in [-0.2, 0) is 19.1 Å². The summed E-state index contributed by atoms with van der Waals surface area (Å²) in [5.74, 6) is -1.90. The van der Waals surface area contributed by atoms with E-state index in [0.717, 1.165) is 44.9 Å². The fourth-order valence-corrected chi connectivity index (χ4v) is 4.24. The largest absolute Gasteiger partial charge is 0.477 e. The maximum Gasteiger partial charge on any atom is 0.364 e. The number of ketones is 1. The molecule has 0 unspecified atom stereocenters. The van der Waals surface area contributed by atoms with Crippen LogP contribution in [0.2, 0.25) is 0 Å². The molecule has 0 aliphatic heterocycles. The number of Topliss-reactive ketones (excluding diaryl/α,β-unsaturated/α-hetero) is 1. The first kappa shape index (κ1) is 29.6. The summed E-state index contributed by atoms with van der Waals surface area (Å²) in [6.45, 7) is 7.07. The zero-order chi connectivity index (χ0) is 24.4. The van der Waals surface area contributed by atoms with Crippen molar-refractivity contribution in [2.75, 3.05) is 13.2 Å². The molecule has 0 amide bonds. The van der Waals surface area contributed by atoms with Gasteiger partial charge in [-0.15, -0.1) is 0 Å². The Hall–Kier alpha value is -1.46. The Balaban J connectivity index is 2.57. The van der Waals surface area contributed by atoms with Gasteiger partial charge in [-0.1, -0.05) is 77.2 Å². The minimum atomic E-state index is -1.58. The van der Waals surface area contributed by atoms with Crippen LogP contribution in [0.1, 0.15) is 111 Å². The molecule has 0 aromatic rings. The first-order valence-corrected chi connectivity index (χ1v) is 13.4. The Morgan fingerprint density at radius 1 is 0.939 bits per heavy atom. The van der Waals surface area contributed by atoms with E-state index in [1.807, 2.05) is 26.0 Å². The Kier molecular flexibility index (Phi) is 16.1. The van der Waals surface area contributed by atoms with Crippen LogP contribution in [0.3, 0.4) is 0 Å². The Morgan fingerprint density at radius 3 is 2.21 bits per heavy atom. The van der Waals surface area contributed by atoms with E-state index in [9.17, 15) is 14.7 Å². The first-order valence-electron chi connectivity index (χ1n) is 13.4. The van der Waals surface area contributed by atoms with Crippen molar-refractivity contribution in [3.63, 3.8) is 0 Å². The van der Waals surface area contributed by atoms with Crippen LogP contribution in [0.4, 0.5) is 0 Å². The Labute approximate surface area is 202 Å². The number of ether oxygens (including phenoxy) is 2. The lowest BCUT2D eigenvalue weighted by Gasteiger charge is -2.29. The van der Waals surface area contributed by atoms with Crippen LogP contribution in [0.25, 0.3) is 0 Å². The van der Waals surface area contributed by atoms with Crippen LogP contribution in [0, 0.1) is 11.8 Å². The van der Waals surface area contributed by atoms with Gasteiger partial charge in [0.05, 0.1) is 13.2 Å². The minimum Gasteiger partial charge on any atom is -0.477 e. The molecule has 1 aliphatic rings. The second kappa shape index (κ2) is 17.9. The summed E-state index contributed by atoms with van der Waals surface area (Å²) in [5.41, 5.74) is 0. The summed E-state index contributed by atoms with van der Waals surface area (Å²) >= 11 is 0. The lowest BCUT2D eigenvalue weighted by atomic mass is 9.91. The second-order valence-electron chi connectivity index (χ2n) is 9.26. The molecule has 33 heavy (non-hydrogen) atoms. The van der Waals surface area contributed by atoms with Crippen LogP contribution in [-0.4, -0.2) is 35.9 Å². The van der Waals surface area contributed by atoms with E-state index in [2.05, 4.69) is 19.1 Å². The quantitative estimate of drug-likeness (QED) is 0.117. The summed E-state index contributed by atoms with van der Waals surface area (Å²) in [7, 11) is 0. The highest BCUT2D eigenvalue weighted by Crippen LogP contribution is 2.33. The van der Waals surface area contributed by atoms with Gasteiger partial charge in [-0.3, -0.25) is 4.79 Å². The van der Waals surface area contributed by atoms with Gasteiger partial charge in [0.25, 0.3) is 5.79 Å². The van der Waals surface area contributed by atoms with E-state index in [4.69, 9.17) is 9.47 Å². The lowest BCUT2D eigenvalue weighted by molar-refractivity contribution is -0.247. The fraction of sp³-hybridized carbons (Fsp3) is 0.786. The number of unbranched alkanes of at least 4 members (excludes halogenated alkanes) is 6. The summed E-state index contributed by atoms with van der Waals surface area (Å²) in [6, 6.07) is 0. The van der Waals surface area contributed by atoms with Crippen molar-refractivity contribution >= 4 is 11.8 Å². The van der Waals surface area contributed by atoms with Gasteiger partial charge < -0.3 is 14.6 Å². The van der Waals surface area contributed by atoms with Crippen molar-refractivity contribution in [2.24, 2.45) is 11.8 Å². The molecular formula is C28H48O5. The van der Waals surface area contributed by atoms with E-state index in [-0.39, 0.29) is 12.3 Å². The topological polar surface area (TPSA) is 72.8 Å². The van der Waals surface area contributed by atoms with Crippen molar-refractivity contribution in [2.45, 2.75) is 116 Å².